The standard InChI is InChI=1S/C19H14ClN5O/c20-12-7-5-11(6-8-12)15-9-10-16(26-15)17-23-18(21)24-19-22-13-3-1-2-4-14(13)25(17)19/h1-10,17H,(H3,21,22,23,24)/t17-/m0/s1. The van der Waals surface area contributed by atoms with Crippen molar-refractivity contribution < 1.29 is 4.42 Å². The van der Waals surface area contributed by atoms with Crippen molar-refractivity contribution in [2.45, 2.75) is 6.17 Å². The minimum atomic E-state index is -0.417. The molecule has 26 heavy (non-hydrogen) atoms. The van der Waals surface area contributed by atoms with Crippen LogP contribution in [0.2, 0.25) is 5.02 Å². The van der Waals surface area contributed by atoms with Gasteiger partial charge in [-0.15, -0.1) is 0 Å². The lowest BCUT2D eigenvalue weighted by atomic mass is 10.2. The van der Waals surface area contributed by atoms with Gasteiger partial charge in [0.25, 0.3) is 0 Å². The average Bonchev–Trinajstić information content (AvgIpc) is 3.26. The molecule has 128 valence electrons. The van der Waals surface area contributed by atoms with Crippen LogP contribution in [-0.4, -0.2) is 15.5 Å². The van der Waals surface area contributed by atoms with E-state index in [2.05, 4.69) is 15.3 Å². The van der Waals surface area contributed by atoms with E-state index in [9.17, 15) is 0 Å². The van der Waals surface area contributed by atoms with Gasteiger partial charge in [0.05, 0.1) is 11.0 Å². The first-order chi connectivity index (χ1) is 12.7. The first-order valence-corrected chi connectivity index (χ1v) is 8.50. The maximum Gasteiger partial charge on any atom is 0.212 e. The second kappa shape index (κ2) is 5.64. The molecule has 0 spiro atoms. The van der Waals surface area contributed by atoms with Gasteiger partial charge in [-0.3, -0.25) is 9.88 Å². The zero-order valence-corrected chi connectivity index (χ0v) is 14.3. The van der Waals surface area contributed by atoms with E-state index in [1.807, 2.05) is 65.2 Å². The van der Waals surface area contributed by atoms with Crippen molar-refractivity contribution in [3.63, 3.8) is 0 Å². The SMILES string of the molecule is NC1=N[C@H](c2ccc(-c3ccc(Cl)cc3)o2)n2c(nc3ccccc32)N1. The fourth-order valence-corrected chi connectivity index (χ4v) is 3.29. The van der Waals surface area contributed by atoms with Gasteiger partial charge in [-0.25, -0.2) is 9.98 Å². The van der Waals surface area contributed by atoms with Crippen molar-refractivity contribution >= 4 is 34.5 Å². The van der Waals surface area contributed by atoms with E-state index in [0.717, 1.165) is 22.4 Å². The second-order valence-electron chi connectivity index (χ2n) is 6.02. The molecule has 1 aliphatic heterocycles. The van der Waals surface area contributed by atoms with Crippen LogP contribution < -0.4 is 11.1 Å². The summed E-state index contributed by atoms with van der Waals surface area (Å²) in [7, 11) is 0. The summed E-state index contributed by atoms with van der Waals surface area (Å²) in [5.74, 6) is 2.38. The fourth-order valence-electron chi connectivity index (χ4n) is 3.17. The molecule has 0 fully saturated rings. The van der Waals surface area contributed by atoms with Crippen molar-refractivity contribution in [1.82, 2.24) is 9.55 Å². The summed E-state index contributed by atoms with van der Waals surface area (Å²) >= 11 is 5.96. The highest BCUT2D eigenvalue weighted by atomic mass is 35.5. The van der Waals surface area contributed by atoms with Crippen molar-refractivity contribution in [2.24, 2.45) is 10.7 Å². The zero-order chi connectivity index (χ0) is 17.7. The smallest absolute Gasteiger partial charge is 0.212 e. The van der Waals surface area contributed by atoms with Crippen LogP contribution in [0.1, 0.15) is 11.9 Å². The van der Waals surface area contributed by atoms with Crippen LogP contribution in [0.25, 0.3) is 22.4 Å². The Morgan fingerprint density at radius 1 is 1.04 bits per heavy atom. The number of para-hydroxylation sites is 2. The summed E-state index contributed by atoms with van der Waals surface area (Å²) in [6.07, 6.45) is -0.417. The van der Waals surface area contributed by atoms with E-state index in [4.69, 9.17) is 21.8 Å². The van der Waals surface area contributed by atoms with Crippen molar-refractivity contribution in [1.29, 1.82) is 0 Å². The van der Waals surface area contributed by atoms with E-state index >= 15 is 0 Å². The Morgan fingerprint density at radius 2 is 1.85 bits per heavy atom. The van der Waals surface area contributed by atoms with E-state index in [1.165, 1.54) is 0 Å². The summed E-state index contributed by atoms with van der Waals surface area (Å²) < 4.78 is 8.07. The molecule has 0 bridgehead atoms. The molecule has 0 saturated carbocycles. The van der Waals surface area contributed by atoms with Gasteiger partial charge < -0.3 is 10.2 Å². The molecule has 7 heteroatoms. The number of rotatable bonds is 2. The molecule has 2 aromatic heterocycles. The number of hydrogen-bond acceptors (Lipinski definition) is 5. The Bertz CT molecular complexity index is 1140. The number of anilines is 1. The Hall–Kier alpha value is -3.25. The number of halogens is 1. The lowest BCUT2D eigenvalue weighted by Gasteiger charge is -2.21. The number of aliphatic imine (C=N–C) groups is 1. The van der Waals surface area contributed by atoms with Gasteiger partial charge in [-0.05, 0) is 48.5 Å². The van der Waals surface area contributed by atoms with Crippen LogP contribution in [-0.2, 0) is 0 Å². The van der Waals surface area contributed by atoms with E-state index in [1.54, 1.807) is 0 Å². The van der Waals surface area contributed by atoms with Crippen molar-refractivity contribution in [2.75, 3.05) is 5.32 Å². The predicted octanol–water partition coefficient (Wildman–Crippen LogP) is 4.24. The lowest BCUT2D eigenvalue weighted by molar-refractivity contribution is 0.449. The molecule has 3 N–H and O–H groups in total. The number of hydrogen-bond donors (Lipinski definition) is 2. The molecule has 1 atom stereocenters. The van der Waals surface area contributed by atoms with Gasteiger partial charge in [0.2, 0.25) is 5.95 Å². The van der Waals surface area contributed by atoms with Gasteiger partial charge in [-0.2, -0.15) is 0 Å². The second-order valence-corrected chi connectivity index (χ2v) is 6.45. The summed E-state index contributed by atoms with van der Waals surface area (Å²) in [4.78, 5) is 9.12. The number of fused-ring (bicyclic) bond motifs is 3. The lowest BCUT2D eigenvalue weighted by Crippen LogP contribution is -2.31. The first kappa shape index (κ1) is 15.0. The average molecular weight is 364 g/mol. The molecule has 0 aliphatic carbocycles. The minimum absolute atomic E-state index is 0.308. The number of imidazole rings is 1. The fraction of sp³-hybridized carbons (Fsp3) is 0.0526. The highest BCUT2D eigenvalue weighted by Crippen LogP contribution is 2.34. The number of guanidine groups is 1. The molecule has 4 aromatic rings. The van der Waals surface area contributed by atoms with E-state index in [-0.39, 0.29) is 0 Å². The molecule has 3 heterocycles. The Labute approximate surface area is 153 Å². The number of furan rings is 1. The highest BCUT2D eigenvalue weighted by Gasteiger charge is 2.27. The largest absolute Gasteiger partial charge is 0.457 e. The summed E-state index contributed by atoms with van der Waals surface area (Å²) in [5, 5.41) is 3.70. The van der Waals surface area contributed by atoms with E-state index in [0.29, 0.717) is 22.7 Å². The van der Waals surface area contributed by atoms with Crippen LogP contribution >= 0.6 is 11.6 Å². The maximum absolute atomic E-state index is 6.09. The number of nitrogens with one attached hydrogen (secondary N) is 1. The molecule has 1 aliphatic rings. The Morgan fingerprint density at radius 3 is 2.69 bits per heavy atom. The third-order valence-electron chi connectivity index (χ3n) is 4.35. The quantitative estimate of drug-likeness (QED) is 0.558. The highest BCUT2D eigenvalue weighted by molar-refractivity contribution is 6.30. The molecule has 0 unspecified atom stereocenters. The van der Waals surface area contributed by atoms with Crippen LogP contribution in [0.5, 0.6) is 0 Å². The van der Waals surface area contributed by atoms with Crippen molar-refractivity contribution in [3.05, 3.63) is 71.4 Å². The molecule has 2 aromatic carbocycles. The molecule has 0 radical (unpaired) electrons. The van der Waals surface area contributed by atoms with Crippen LogP contribution in [0.4, 0.5) is 5.95 Å². The third kappa shape index (κ3) is 2.34. The zero-order valence-electron chi connectivity index (χ0n) is 13.6. The Balaban J connectivity index is 1.62. The van der Waals surface area contributed by atoms with Gasteiger partial charge in [0.1, 0.15) is 11.5 Å². The third-order valence-corrected chi connectivity index (χ3v) is 4.60. The molecule has 6 nitrogen and oxygen atoms in total. The van der Waals surface area contributed by atoms with E-state index < -0.39 is 6.17 Å². The number of benzene rings is 2. The predicted molar refractivity (Wildman–Crippen MR) is 102 cm³/mol. The molecule has 0 amide bonds. The van der Waals surface area contributed by atoms with Gasteiger partial charge in [0, 0.05) is 10.6 Å². The van der Waals surface area contributed by atoms with Crippen LogP contribution in [0.3, 0.4) is 0 Å². The molecular weight excluding hydrogens is 350 g/mol. The minimum Gasteiger partial charge on any atom is -0.457 e. The van der Waals surface area contributed by atoms with Crippen LogP contribution in [0, 0.1) is 0 Å². The number of nitrogens with zero attached hydrogens (tertiary/aromatic N) is 3. The summed E-state index contributed by atoms with van der Waals surface area (Å²) in [6, 6.07) is 19.2. The maximum atomic E-state index is 6.09. The topological polar surface area (TPSA) is 81.4 Å². The summed E-state index contributed by atoms with van der Waals surface area (Å²) in [6.45, 7) is 0. The van der Waals surface area contributed by atoms with Gasteiger partial charge in [0.15, 0.2) is 12.1 Å². The van der Waals surface area contributed by atoms with Gasteiger partial charge >= 0.3 is 0 Å². The van der Waals surface area contributed by atoms with Crippen molar-refractivity contribution in [3.8, 4) is 11.3 Å². The number of nitrogens with two attached hydrogens (primary N) is 1. The monoisotopic (exact) mass is 363 g/mol. The molecular formula is C19H14ClN5O. The first-order valence-electron chi connectivity index (χ1n) is 8.12. The number of aromatic nitrogens is 2. The molecule has 5 rings (SSSR count). The van der Waals surface area contributed by atoms with Gasteiger partial charge in [-0.1, -0.05) is 23.7 Å². The molecule has 0 saturated heterocycles. The normalized spacial score (nSPS) is 16.2. The summed E-state index contributed by atoms with van der Waals surface area (Å²) in [5.41, 5.74) is 8.74. The van der Waals surface area contributed by atoms with Crippen LogP contribution in [0.15, 0.2) is 70.1 Å². The Kier molecular flexibility index (Phi) is 3.26.